The molecule has 2 saturated heterocycles. The fraction of sp³-hybridized carbons (Fsp3) is 0.389. The summed E-state index contributed by atoms with van der Waals surface area (Å²) in [5, 5.41) is 3.84. The number of aromatic nitrogens is 1. The van der Waals surface area contributed by atoms with Crippen molar-refractivity contribution >= 4 is 17.4 Å². The molecule has 0 amide bonds. The lowest BCUT2D eigenvalue weighted by Crippen LogP contribution is -2.57. The largest absolute Gasteiger partial charge is 0.473 e. The summed E-state index contributed by atoms with van der Waals surface area (Å²) in [4.78, 5) is 6.84. The van der Waals surface area contributed by atoms with Crippen LogP contribution in [0.2, 0.25) is 5.02 Å². The number of halogens is 2. The molecule has 7 heteroatoms. The summed E-state index contributed by atoms with van der Waals surface area (Å²) in [6.07, 6.45) is 0. The van der Waals surface area contributed by atoms with Crippen LogP contribution >= 0.6 is 11.6 Å². The number of piperazine rings is 1. The van der Waals surface area contributed by atoms with Crippen LogP contribution in [0.4, 0.5) is 10.2 Å². The van der Waals surface area contributed by atoms with Gasteiger partial charge in [0.2, 0.25) is 5.88 Å². The highest BCUT2D eigenvalue weighted by atomic mass is 35.5. The number of benzene rings is 1. The van der Waals surface area contributed by atoms with Gasteiger partial charge in [0.25, 0.3) is 0 Å². The first-order valence-corrected chi connectivity index (χ1v) is 8.70. The van der Waals surface area contributed by atoms with E-state index in [1.54, 1.807) is 18.2 Å². The van der Waals surface area contributed by atoms with Gasteiger partial charge in [-0.05, 0) is 18.2 Å². The number of hydrogen-bond donors (Lipinski definition) is 1. The number of hydrogen-bond acceptors (Lipinski definition) is 5. The van der Waals surface area contributed by atoms with Crippen LogP contribution in [-0.2, 0) is 11.3 Å². The molecule has 0 saturated carbocycles. The Morgan fingerprint density at radius 1 is 1.32 bits per heavy atom. The predicted octanol–water partition coefficient (Wildman–Crippen LogP) is 2.63. The quantitative estimate of drug-likeness (QED) is 0.904. The average Bonchev–Trinajstić information content (AvgIpc) is 3.10. The lowest BCUT2D eigenvalue weighted by atomic mass is 10.1. The molecule has 25 heavy (non-hydrogen) atoms. The minimum atomic E-state index is -0.378. The zero-order valence-electron chi connectivity index (χ0n) is 13.6. The van der Waals surface area contributed by atoms with Crippen molar-refractivity contribution in [2.45, 2.75) is 18.7 Å². The van der Waals surface area contributed by atoms with Crippen LogP contribution in [0, 0.1) is 5.82 Å². The Kier molecular flexibility index (Phi) is 4.74. The first kappa shape index (κ1) is 16.6. The summed E-state index contributed by atoms with van der Waals surface area (Å²) in [5.74, 6) is 0.952. The fourth-order valence-electron chi connectivity index (χ4n) is 3.30. The molecule has 1 aromatic heterocycles. The maximum Gasteiger partial charge on any atom is 0.215 e. The third-order valence-corrected chi connectivity index (χ3v) is 4.84. The molecule has 5 nitrogen and oxygen atoms in total. The van der Waals surface area contributed by atoms with Gasteiger partial charge in [-0.3, -0.25) is 0 Å². The van der Waals surface area contributed by atoms with Gasteiger partial charge in [0.1, 0.15) is 18.2 Å². The average molecular weight is 364 g/mol. The van der Waals surface area contributed by atoms with Crippen LogP contribution in [0.3, 0.4) is 0 Å². The maximum absolute atomic E-state index is 13.9. The summed E-state index contributed by atoms with van der Waals surface area (Å²) in [7, 11) is 0. The minimum Gasteiger partial charge on any atom is -0.473 e. The van der Waals surface area contributed by atoms with Crippen LogP contribution < -0.4 is 15.0 Å². The molecule has 132 valence electrons. The van der Waals surface area contributed by atoms with E-state index in [0.717, 1.165) is 25.5 Å². The highest BCUT2D eigenvalue weighted by Gasteiger charge is 2.36. The van der Waals surface area contributed by atoms with Crippen molar-refractivity contribution in [3.05, 3.63) is 52.8 Å². The van der Waals surface area contributed by atoms with Crippen molar-refractivity contribution in [2.75, 3.05) is 31.2 Å². The second-order valence-corrected chi connectivity index (χ2v) is 6.65. The second-order valence-electron chi connectivity index (χ2n) is 6.22. The van der Waals surface area contributed by atoms with Gasteiger partial charge >= 0.3 is 0 Å². The van der Waals surface area contributed by atoms with Crippen LogP contribution in [0.25, 0.3) is 0 Å². The normalized spacial score (nSPS) is 22.7. The van der Waals surface area contributed by atoms with E-state index >= 15 is 0 Å². The van der Waals surface area contributed by atoms with Crippen LogP contribution in [0.1, 0.15) is 5.56 Å². The van der Waals surface area contributed by atoms with Gasteiger partial charge in [0, 0.05) is 29.7 Å². The van der Waals surface area contributed by atoms with Crippen molar-refractivity contribution in [3.8, 4) is 5.88 Å². The smallest absolute Gasteiger partial charge is 0.215 e. The lowest BCUT2D eigenvalue weighted by molar-refractivity contribution is 0.189. The van der Waals surface area contributed by atoms with E-state index in [4.69, 9.17) is 21.1 Å². The molecule has 1 aromatic carbocycles. The zero-order chi connectivity index (χ0) is 17.2. The molecule has 3 heterocycles. The molecule has 2 atom stereocenters. The standard InChI is InChI=1S/C18H19ClFN3O2/c19-13-5-4-12(14(20)8-13)9-25-18-3-1-2-17(22-18)23-7-6-21-15-10-24-11-16(15)23/h1-5,8,15-16,21H,6-7,9-11H2/t15-,16+/m0/s1. The Balaban J connectivity index is 1.47. The van der Waals surface area contributed by atoms with E-state index in [-0.39, 0.29) is 18.5 Å². The Hall–Kier alpha value is -1.89. The molecular weight excluding hydrogens is 345 g/mol. The molecule has 2 aliphatic rings. The summed E-state index contributed by atoms with van der Waals surface area (Å²) in [5.41, 5.74) is 0.447. The third kappa shape index (κ3) is 3.56. The predicted molar refractivity (Wildman–Crippen MR) is 93.7 cm³/mol. The lowest BCUT2D eigenvalue weighted by Gasteiger charge is -2.37. The highest BCUT2D eigenvalue weighted by molar-refractivity contribution is 6.30. The summed E-state index contributed by atoms with van der Waals surface area (Å²) in [6.45, 7) is 3.30. The third-order valence-electron chi connectivity index (χ3n) is 4.60. The van der Waals surface area contributed by atoms with Crippen LogP contribution in [-0.4, -0.2) is 43.4 Å². The fourth-order valence-corrected chi connectivity index (χ4v) is 3.46. The topological polar surface area (TPSA) is 46.6 Å². The molecule has 1 N–H and O–H groups in total. The van der Waals surface area contributed by atoms with Gasteiger partial charge in [-0.15, -0.1) is 0 Å². The van der Waals surface area contributed by atoms with Crippen LogP contribution in [0.15, 0.2) is 36.4 Å². The van der Waals surface area contributed by atoms with Gasteiger partial charge in [-0.25, -0.2) is 4.39 Å². The van der Waals surface area contributed by atoms with E-state index in [9.17, 15) is 4.39 Å². The molecule has 0 radical (unpaired) electrons. The number of pyridine rings is 1. The molecule has 0 unspecified atom stereocenters. The van der Waals surface area contributed by atoms with E-state index in [1.165, 1.54) is 6.07 Å². The van der Waals surface area contributed by atoms with Gasteiger partial charge in [-0.1, -0.05) is 23.7 Å². The van der Waals surface area contributed by atoms with Gasteiger partial charge in [0.05, 0.1) is 25.3 Å². The first-order valence-electron chi connectivity index (χ1n) is 8.32. The van der Waals surface area contributed by atoms with E-state index in [1.807, 2.05) is 12.1 Å². The second kappa shape index (κ2) is 7.15. The Bertz CT molecular complexity index is 761. The number of rotatable bonds is 4. The number of fused-ring (bicyclic) bond motifs is 1. The van der Waals surface area contributed by atoms with Crippen molar-refractivity contribution in [3.63, 3.8) is 0 Å². The summed E-state index contributed by atoms with van der Waals surface area (Å²) < 4.78 is 25.1. The van der Waals surface area contributed by atoms with Crippen molar-refractivity contribution in [1.29, 1.82) is 0 Å². The molecular formula is C18H19ClFN3O2. The van der Waals surface area contributed by atoms with Gasteiger partial charge in [0.15, 0.2) is 0 Å². The van der Waals surface area contributed by atoms with Crippen molar-refractivity contribution in [1.82, 2.24) is 10.3 Å². The number of nitrogens with one attached hydrogen (secondary N) is 1. The van der Waals surface area contributed by atoms with E-state index < -0.39 is 0 Å². The SMILES string of the molecule is Fc1cc(Cl)ccc1COc1cccc(N2CCN[C@H]3COC[C@H]32)n1. The monoisotopic (exact) mass is 363 g/mol. The van der Waals surface area contributed by atoms with Crippen molar-refractivity contribution in [2.24, 2.45) is 0 Å². The van der Waals surface area contributed by atoms with E-state index in [2.05, 4.69) is 15.2 Å². The number of anilines is 1. The maximum atomic E-state index is 13.9. The molecule has 2 aliphatic heterocycles. The molecule has 2 fully saturated rings. The zero-order valence-corrected chi connectivity index (χ0v) is 14.4. The van der Waals surface area contributed by atoms with E-state index in [0.29, 0.717) is 29.1 Å². The highest BCUT2D eigenvalue weighted by Crippen LogP contribution is 2.25. The molecule has 0 bridgehead atoms. The first-order chi connectivity index (χ1) is 12.2. The molecule has 2 aromatic rings. The molecule has 0 spiro atoms. The van der Waals surface area contributed by atoms with Gasteiger partial charge < -0.3 is 19.7 Å². The number of nitrogens with zero attached hydrogens (tertiary/aromatic N) is 2. The Morgan fingerprint density at radius 3 is 3.12 bits per heavy atom. The molecule has 4 rings (SSSR count). The molecule has 0 aliphatic carbocycles. The van der Waals surface area contributed by atoms with Gasteiger partial charge in [-0.2, -0.15) is 4.98 Å². The van der Waals surface area contributed by atoms with Crippen LogP contribution in [0.5, 0.6) is 5.88 Å². The Morgan fingerprint density at radius 2 is 2.24 bits per heavy atom. The minimum absolute atomic E-state index is 0.107. The summed E-state index contributed by atoms with van der Waals surface area (Å²) in [6, 6.07) is 10.8. The summed E-state index contributed by atoms with van der Waals surface area (Å²) >= 11 is 5.77. The Labute approximate surface area is 150 Å². The van der Waals surface area contributed by atoms with Crippen molar-refractivity contribution < 1.29 is 13.9 Å². The number of ether oxygens (including phenoxy) is 2.